The number of hydrogen-bond acceptors (Lipinski definition) is 9. The minimum Gasteiger partial charge on any atom is -0.481 e. The number of aliphatic hydroxyl groups excluding tert-OH is 1. The third-order valence-electron chi connectivity index (χ3n) is 4.67. The summed E-state index contributed by atoms with van der Waals surface area (Å²) in [7, 11) is 0. The predicted molar refractivity (Wildman–Crippen MR) is 124 cm³/mol. The molecule has 0 rings (SSSR count). The Kier molecular flexibility index (Phi) is 14.1. The van der Waals surface area contributed by atoms with E-state index in [1.54, 1.807) is 0 Å². The Morgan fingerprint density at radius 1 is 0.861 bits per heavy atom. The maximum Gasteiger partial charge on any atom is 0.326 e. The lowest BCUT2D eigenvalue weighted by atomic mass is 10.1. The number of aliphatic carboxylic acids is 2. The van der Waals surface area contributed by atoms with Crippen LogP contribution in [0.1, 0.15) is 39.0 Å². The quantitative estimate of drug-likeness (QED) is 0.0491. The van der Waals surface area contributed by atoms with E-state index in [2.05, 4.69) is 20.9 Å². The number of amides is 4. The zero-order valence-corrected chi connectivity index (χ0v) is 19.7. The Morgan fingerprint density at radius 3 is 1.92 bits per heavy atom. The highest BCUT2D eigenvalue weighted by molar-refractivity contribution is 5.95. The van der Waals surface area contributed by atoms with E-state index in [1.165, 1.54) is 6.92 Å². The second kappa shape index (κ2) is 15.8. The van der Waals surface area contributed by atoms with Crippen LogP contribution in [0.2, 0.25) is 0 Å². The summed E-state index contributed by atoms with van der Waals surface area (Å²) in [6.07, 6.45) is -2.77. The predicted octanol–water partition coefficient (Wildman–Crippen LogP) is -4.97. The van der Waals surface area contributed by atoms with Crippen LogP contribution in [-0.4, -0.2) is 93.7 Å². The molecule has 4 amide bonds. The number of carboxylic acid groups (broad SMARTS) is 2. The van der Waals surface area contributed by atoms with Gasteiger partial charge in [0.2, 0.25) is 23.6 Å². The molecule has 5 atom stereocenters. The fourth-order valence-electron chi connectivity index (χ4n) is 2.78. The molecule has 17 heteroatoms. The number of rotatable bonds is 17. The number of carbonyl (C=O) groups is 6. The molecule has 204 valence electrons. The number of guanidine groups is 1. The van der Waals surface area contributed by atoms with Crippen molar-refractivity contribution in [2.75, 3.05) is 6.54 Å². The molecule has 14 N–H and O–H groups in total. The van der Waals surface area contributed by atoms with Crippen molar-refractivity contribution in [2.45, 2.75) is 69.3 Å². The molecule has 0 aromatic rings. The van der Waals surface area contributed by atoms with Crippen LogP contribution in [0.25, 0.3) is 0 Å². The van der Waals surface area contributed by atoms with E-state index in [4.69, 9.17) is 28.0 Å². The van der Waals surface area contributed by atoms with Crippen molar-refractivity contribution in [2.24, 2.45) is 27.9 Å². The highest BCUT2D eigenvalue weighted by Gasteiger charge is 2.32. The normalized spacial score (nSPS) is 14.8. The average Bonchev–Trinajstić information content (AvgIpc) is 2.75. The summed E-state index contributed by atoms with van der Waals surface area (Å²) >= 11 is 0. The molecule has 0 aromatic carbocycles. The van der Waals surface area contributed by atoms with Crippen LogP contribution in [0.15, 0.2) is 4.99 Å². The first-order valence-electron chi connectivity index (χ1n) is 10.8. The monoisotopic (exact) mass is 518 g/mol. The van der Waals surface area contributed by atoms with Gasteiger partial charge in [-0.15, -0.1) is 0 Å². The van der Waals surface area contributed by atoms with Crippen molar-refractivity contribution in [1.82, 2.24) is 16.0 Å². The second-order valence-corrected chi connectivity index (χ2v) is 7.85. The van der Waals surface area contributed by atoms with Gasteiger partial charge in [-0.05, 0) is 26.2 Å². The van der Waals surface area contributed by atoms with Gasteiger partial charge < -0.3 is 54.2 Å². The van der Waals surface area contributed by atoms with Crippen molar-refractivity contribution in [3.05, 3.63) is 0 Å². The van der Waals surface area contributed by atoms with E-state index in [0.29, 0.717) is 0 Å². The minimum absolute atomic E-state index is 0.0562. The molecule has 0 aliphatic rings. The smallest absolute Gasteiger partial charge is 0.326 e. The second-order valence-electron chi connectivity index (χ2n) is 7.85. The van der Waals surface area contributed by atoms with Gasteiger partial charge in [-0.3, -0.25) is 29.0 Å². The number of aliphatic hydroxyl groups is 1. The molecular weight excluding hydrogens is 484 g/mol. The molecule has 0 radical (unpaired) electrons. The van der Waals surface area contributed by atoms with Gasteiger partial charge in [0.15, 0.2) is 5.96 Å². The van der Waals surface area contributed by atoms with Crippen molar-refractivity contribution in [3.8, 4) is 0 Å². The Morgan fingerprint density at radius 2 is 1.44 bits per heavy atom. The van der Waals surface area contributed by atoms with Crippen LogP contribution in [0.3, 0.4) is 0 Å². The van der Waals surface area contributed by atoms with Gasteiger partial charge in [-0.1, -0.05) is 0 Å². The first-order chi connectivity index (χ1) is 16.6. The van der Waals surface area contributed by atoms with Crippen LogP contribution in [0.4, 0.5) is 0 Å². The molecular formula is C19H34N8O9. The van der Waals surface area contributed by atoms with E-state index in [-0.39, 0.29) is 31.8 Å². The van der Waals surface area contributed by atoms with Crippen LogP contribution in [-0.2, 0) is 28.8 Å². The number of primary amides is 1. The molecule has 36 heavy (non-hydrogen) atoms. The minimum atomic E-state index is -1.67. The van der Waals surface area contributed by atoms with E-state index in [9.17, 15) is 39.0 Å². The number of carboxylic acids is 2. The zero-order chi connectivity index (χ0) is 28.0. The Balaban J connectivity index is 5.56. The van der Waals surface area contributed by atoms with E-state index in [0.717, 1.165) is 0 Å². The summed E-state index contributed by atoms with van der Waals surface area (Å²) in [5.74, 6) is -6.87. The number of nitrogens with zero attached hydrogens (tertiary/aromatic N) is 1. The molecule has 0 saturated carbocycles. The lowest BCUT2D eigenvalue weighted by Gasteiger charge is -2.26. The lowest BCUT2D eigenvalue weighted by molar-refractivity contribution is -0.144. The summed E-state index contributed by atoms with van der Waals surface area (Å²) in [6.45, 7) is 1.23. The summed E-state index contributed by atoms with van der Waals surface area (Å²) in [6, 6.07) is -5.95. The van der Waals surface area contributed by atoms with Gasteiger partial charge >= 0.3 is 11.9 Å². The lowest BCUT2D eigenvalue weighted by Crippen LogP contribution is -2.59. The zero-order valence-electron chi connectivity index (χ0n) is 19.7. The molecule has 0 aromatic heterocycles. The molecule has 0 spiro atoms. The van der Waals surface area contributed by atoms with Gasteiger partial charge in [0.1, 0.15) is 18.1 Å². The highest BCUT2D eigenvalue weighted by atomic mass is 16.4. The average molecular weight is 519 g/mol. The summed E-state index contributed by atoms with van der Waals surface area (Å²) in [4.78, 5) is 74.6. The summed E-state index contributed by atoms with van der Waals surface area (Å²) in [5, 5.41) is 34.5. The molecule has 0 aliphatic heterocycles. The fraction of sp³-hybridized carbons (Fsp3) is 0.632. The molecule has 0 heterocycles. The largest absolute Gasteiger partial charge is 0.481 e. The number of hydrogen-bond donors (Lipinski definition) is 10. The SMILES string of the molecule is CC(O)C(NC(=O)C(N)CCC(=O)O)C(=O)NC(CCCN=C(N)N)C(=O)NC(CC(N)=O)C(=O)O. The van der Waals surface area contributed by atoms with Crippen LogP contribution < -0.4 is 38.9 Å². The summed E-state index contributed by atoms with van der Waals surface area (Å²) < 4.78 is 0. The summed E-state index contributed by atoms with van der Waals surface area (Å²) in [5.41, 5.74) is 21.1. The fourth-order valence-corrected chi connectivity index (χ4v) is 2.78. The number of aliphatic imine (C=N–C) groups is 1. The van der Waals surface area contributed by atoms with E-state index < -0.39 is 78.7 Å². The Hall–Kier alpha value is -3.99. The van der Waals surface area contributed by atoms with E-state index in [1.807, 2.05) is 0 Å². The standard InChI is InChI=1S/C19H34N8O9/c1-8(28)14(27-15(32)9(20)4-5-13(30)31)17(34)25-10(3-2-6-24-19(22)23)16(33)26-11(18(35)36)7-12(21)29/h8-11,14,28H,2-7,20H2,1H3,(H2,21,29)(H,25,34)(H,26,33)(H,27,32)(H,30,31)(H,35,36)(H4,22,23,24). The third-order valence-corrected chi connectivity index (χ3v) is 4.67. The maximum atomic E-state index is 12.8. The van der Waals surface area contributed by atoms with Gasteiger partial charge in [0.25, 0.3) is 0 Å². The first-order valence-corrected chi connectivity index (χ1v) is 10.8. The topological polar surface area (TPSA) is 316 Å². The highest BCUT2D eigenvalue weighted by Crippen LogP contribution is 2.04. The number of nitrogens with one attached hydrogen (secondary N) is 3. The van der Waals surface area contributed by atoms with E-state index >= 15 is 0 Å². The molecule has 0 saturated heterocycles. The molecule has 5 unspecified atom stereocenters. The van der Waals surface area contributed by atoms with Gasteiger partial charge in [-0.25, -0.2) is 4.79 Å². The van der Waals surface area contributed by atoms with Crippen molar-refractivity contribution >= 4 is 41.5 Å². The van der Waals surface area contributed by atoms with Gasteiger partial charge in [0.05, 0.1) is 18.6 Å². The van der Waals surface area contributed by atoms with Crippen LogP contribution >= 0.6 is 0 Å². The molecule has 0 aliphatic carbocycles. The van der Waals surface area contributed by atoms with Crippen LogP contribution in [0, 0.1) is 0 Å². The molecule has 0 fully saturated rings. The van der Waals surface area contributed by atoms with Gasteiger partial charge in [-0.2, -0.15) is 0 Å². The van der Waals surface area contributed by atoms with Crippen molar-refractivity contribution in [3.63, 3.8) is 0 Å². The Bertz CT molecular complexity index is 845. The maximum absolute atomic E-state index is 12.8. The number of nitrogens with two attached hydrogens (primary N) is 4. The third kappa shape index (κ3) is 13.0. The van der Waals surface area contributed by atoms with Crippen molar-refractivity contribution < 1.29 is 44.1 Å². The molecule has 0 bridgehead atoms. The number of carbonyl (C=O) groups excluding carboxylic acids is 4. The van der Waals surface area contributed by atoms with Gasteiger partial charge in [0, 0.05) is 13.0 Å². The first kappa shape index (κ1) is 32.0. The Labute approximate surface area is 206 Å². The van der Waals surface area contributed by atoms with Crippen molar-refractivity contribution in [1.29, 1.82) is 0 Å². The van der Waals surface area contributed by atoms with Crippen LogP contribution in [0.5, 0.6) is 0 Å². The molecule has 17 nitrogen and oxygen atoms in total.